The maximum atomic E-state index is 14.0. The number of carbonyl (C=O) groups is 1. The second-order valence-electron chi connectivity index (χ2n) is 12.2. The number of benzene rings is 3. The minimum atomic E-state index is -0.423. The summed E-state index contributed by atoms with van der Waals surface area (Å²) in [6, 6.07) is 28.7. The van der Waals surface area contributed by atoms with E-state index < -0.39 is 6.04 Å². The fourth-order valence-corrected chi connectivity index (χ4v) is 7.14. The molecule has 226 valence electrons. The monoisotopic (exact) mass is 585 g/mol. The Morgan fingerprint density at radius 3 is 2.36 bits per heavy atom. The summed E-state index contributed by atoms with van der Waals surface area (Å²) in [5, 5.41) is 14.6. The number of aromatic nitrogens is 2. The third kappa shape index (κ3) is 6.07. The van der Waals surface area contributed by atoms with E-state index in [9.17, 15) is 9.90 Å². The zero-order valence-electron chi connectivity index (χ0n) is 25.7. The summed E-state index contributed by atoms with van der Waals surface area (Å²) in [6.45, 7) is 6.03. The van der Waals surface area contributed by atoms with Crippen molar-refractivity contribution in [2.75, 3.05) is 6.61 Å². The molecule has 44 heavy (non-hydrogen) atoms. The van der Waals surface area contributed by atoms with Crippen LogP contribution in [0.4, 0.5) is 0 Å². The summed E-state index contributed by atoms with van der Waals surface area (Å²) in [6.07, 6.45) is 10.3. The molecule has 2 heterocycles. The molecule has 1 saturated carbocycles. The van der Waals surface area contributed by atoms with E-state index in [-0.39, 0.29) is 24.3 Å². The molecule has 3 aromatic carbocycles. The number of aryl methyl sites for hydroxylation is 1. The van der Waals surface area contributed by atoms with Crippen molar-refractivity contribution >= 4 is 28.5 Å². The Balaban J connectivity index is 1.33. The lowest BCUT2D eigenvalue weighted by Gasteiger charge is -2.28. The molecule has 0 unspecified atom stereocenters. The van der Waals surface area contributed by atoms with Crippen molar-refractivity contribution < 1.29 is 9.90 Å². The van der Waals surface area contributed by atoms with E-state index in [1.165, 1.54) is 40.6 Å². The van der Waals surface area contributed by atoms with Gasteiger partial charge in [-0.1, -0.05) is 112 Å². The van der Waals surface area contributed by atoms with E-state index in [1.807, 2.05) is 36.4 Å². The number of hydrogen-bond donors (Lipinski definition) is 2. The van der Waals surface area contributed by atoms with Gasteiger partial charge in [-0.25, -0.2) is 4.98 Å². The van der Waals surface area contributed by atoms with E-state index in [1.54, 1.807) is 0 Å². The van der Waals surface area contributed by atoms with Gasteiger partial charge in [0, 0.05) is 23.1 Å². The van der Waals surface area contributed by atoms with Crippen LogP contribution in [-0.4, -0.2) is 27.0 Å². The Bertz CT molecular complexity index is 1730. The number of nitrogens with one attached hydrogen (secondary N) is 1. The van der Waals surface area contributed by atoms with Crippen molar-refractivity contribution in [3.05, 3.63) is 125 Å². The van der Waals surface area contributed by atoms with Gasteiger partial charge in [-0.3, -0.25) is 9.20 Å². The van der Waals surface area contributed by atoms with Gasteiger partial charge in [0.1, 0.15) is 5.65 Å². The van der Waals surface area contributed by atoms with Crippen LogP contribution in [0.2, 0.25) is 0 Å². The van der Waals surface area contributed by atoms with Crippen molar-refractivity contribution in [2.24, 2.45) is 5.92 Å². The van der Waals surface area contributed by atoms with E-state index in [2.05, 4.69) is 77.8 Å². The lowest BCUT2D eigenvalue weighted by atomic mass is 9.80. The van der Waals surface area contributed by atoms with Gasteiger partial charge in [0.25, 0.3) is 0 Å². The summed E-state index contributed by atoms with van der Waals surface area (Å²) in [4.78, 5) is 19.0. The fourth-order valence-electron chi connectivity index (χ4n) is 7.14. The number of para-hydroxylation sites is 1. The van der Waals surface area contributed by atoms with Crippen molar-refractivity contribution in [3.63, 3.8) is 0 Å². The lowest BCUT2D eigenvalue weighted by Crippen LogP contribution is -2.37. The predicted octanol–water partition coefficient (Wildman–Crippen LogP) is 8.19. The highest BCUT2D eigenvalue weighted by molar-refractivity contribution is 5.92. The number of rotatable bonds is 10. The number of aliphatic hydroxyl groups is 1. The zero-order chi connectivity index (χ0) is 30.5. The predicted molar refractivity (Wildman–Crippen MR) is 180 cm³/mol. The fraction of sp³-hybridized carbons (Fsp3) is 0.333. The highest BCUT2D eigenvalue weighted by Crippen LogP contribution is 2.37. The Morgan fingerprint density at radius 1 is 0.977 bits per heavy atom. The second kappa shape index (κ2) is 13.6. The smallest absolute Gasteiger partial charge is 0.228 e. The summed E-state index contributed by atoms with van der Waals surface area (Å²) >= 11 is 0. The third-order valence-corrected chi connectivity index (χ3v) is 9.43. The van der Waals surface area contributed by atoms with Crippen LogP contribution in [0.5, 0.6) is 0 Å². The van der Waals surface area contributed by atoms with Gasteiger partial charge < -0.3 is 10.4 Å². The molecule has 2 N–H and O–H groups in total. The largest absolute Gasteiger partial charge is 0.394 e. The van der Waals surface area contributed by atoms with Gasteiger partial charge >= 0.3 is 0 Å². The summed E-state index contributed by atoms with van der Waals surface area (Å²) in [5.41, 5.74) is 8.64. The number of carbonyl (C=O) groups excluding carboxylic acids is 1. The zero-order valence-corrected chi connectivity index (χ0v) is 25.7. The van der Waals surface area contributed by atoms with Crippen molar-refractivity contribution in [1.82, 2.24) is 14.7 Å². The molecule has 2 aromatic heterocycles. The van der Waals surface area contributed by atoms with E-state index in [0.717, 1.165) is 61.0 Å². The molecule has 6 rings (SSSR count). The molecule has 5 nitrogen and oxygen atoms in total. The third-order valence-electron chi connectivity index (χ3n) is 9.43. The highest BCUT2D eigenvalue weighted by Gasteiger charge is 2.32. The van der Waals surface area contributed by atoms with Crippen LogP contribution in [0.25, 0.3) is 22.6 Å². The first-order chi connectivity index (χ1) is 21.6. The van der Waals surface area contributed by atoms with Crippen molar-refractivity contribution in [1.29, 1.82) is 0 Å². The summed E-state index contributed by atoms with van der Waals surface area (Å²) < 4.78 is 2.29. The maximum Gasteiger partial charge on any atom is 0.228 e. The van der Waals surface area contributed by atoms with E-state index >= 15 is 0 Å². The van der Waals surface area contributed by atoms with Gasteiger partial charge in [0.2, 0.25) is 5.91 Å². The van der Waals surface area contributed by atoms with Crippen LogP contribution in [0.1, 0.15) is 91.1 Å². The van der Waals surface area contributed by atoms with Crippen LogP contribution in [-0.2, 0) is 17.6 Å². The molecule has 5 heteroatoms. The van der Waals surface area contributed by atoms with Crippen LogP contribution < -0.4 is 5.32 Å². The topological polar surface area (TPSA) is 66.6 Å². The Labute approximate surface area is 260 Å². The number of hydrogen-bond acceptors (Lipinski definition) is 3. The second-order valence-corrected chi connectivity index (χ2v) is 12.2. The van der Waals surface area contributed by atoms with E-state index in [4.69, 9.17) is 4.98 Å². The molecule has 1 amide bonds. The lowest BCUT2D eigenvalue weighted by molar-refractivity contribution is -0.125. The number of nitrogens with zero attached hydrogens (tertiary/aromatic N) is 2. The van der Waals surface area contributed by atoms with Crippen molar-refractivity contribution in [3.8, 4) is 0 Å². The summed E-state index contributed by atoms with van der Waals surface area (Å²) in [5.74, 6) is 0.0389. The van der Waals surface area contributed by atoms with Gasteiger partial charge in [-0.15, -0.1) is 0 Å². The number of amides is 1. The van der Waals surface area contributed by atoms with E-state index in [0.29, 0.717) is 0 Å². The Kier molecular flexibility index (Phi) is 9.23. The molecular formula is C39H43N3O2. The first-order valence-corrected chi connectivity index (χ1v) is 16.2. The maximum absolute atomic E-state index is 14.0. The SMILES string of the molecule is C=Cc1cc(CC)n2c(n1)c(Cc1ccc([C@@H](C(=O)N[C@@H](CO)c3ccccc3)C3CCCCCC3)cc1)c1ccccc12. The summed E-state index contributed by atoms with van der Waals surface area (Å²) in [7, 11) is 0. The normalized spacial score (nSPS) is 15.6. The molecule has 2 atom stereocenters. The Hall–Kier alpha value is -4.22. The molecule has 0 saturated heterocycles. The van der Waals surface area contributed by atoms with Crippen LogP contribution >= 0.6 is 0 Å². The molecule has 1 fully saturated rings. The quantitative estimate of drug-likeness (QED) is 0.162. The first kappa shape index (κ1) is 29.8. The average molecular weight is 586 g/mol. The molecular weight excluding hydrogens is 542 g/mol. The van der Waals surface area contributed by atoms with Crippen LogP contribution in [0.3, 0.4) is 0 Å². The average Bonchev–Trinajstić information content (AvgIpc) is 3.19. The van der Waals surface area contributed by atoms with Gasteiger partial charge in [0.05, 0.1) is 29.8 Å². The van der Waals surface area contributed by atoms with Gasteiger partial charge in [-0.2, -0.15) is 0 Å². The number of fused-ring (bicyclic) bond motifs is 3. The van der Waals surface area contributed by atoms with Gasteiger partial charge in [-0.05, 0) is 60.1 Å². The van der Waals surface area contributed by atoms with Crippen LogP contribution in [0, 0.1) is 5.92 Å². The minimum Gasteiger partial charge on any atom is -0.394 e. The molecule has 1 aliphatic rings. The molecule has 5 aromatic rings. The van der Waals surface area contributed by atoms with Gasteiger partial charge in [0.15, 0.2) is 0 Å². The molecule has 0 bridgehead atoms. The standard InChI is InChI=1S/C39H43N3O2/c1-3-31-25-32(4-2)42-36-19-13-12-18-33(36)34(38(42)40-31)24-27-20-22-30(23-21-27)37(29-16-8-5-6-9-17-29)39(44)41-35(26-43)28-14-10-7-11-15-28/h3,7,10-15,18-23,25,29,35,37,43H,1,4-6,8-9,16-17,24,26H2,2H3,(H,41,44)/t35-,37-/m0/s1. The molecule has 0 spiro atoms. The molecule has 1 aliphatic carbocycles. The Morgan fingerprint density at radius 2 is 1.68 bits per heavy atom. The molecule has 0 aliphatic heterocycles. The van der Waals surface area contributed by atoms with Crippen LogP contribution in [0.15, 0.2) is 91.5 Å². The van der Waals surface area contributed by atoms with Crippen molar-refractivity contribution in [2.45, 2.75) is 70.3 Å². The molecule has 0 radical (unpaired) electrons. The number of aliphatic hydroxyl groups excluding tert-OH is 1. The first-order valence-electron chi connectivity index (χ1n) is 16.2. The minimum absolute atomic E-state index is 0.00484. The highest BCUT2D eigenvalue weighted by atomic mass is 16.3.